The number of likely N-dealkylation sites (tertiary alicyclic amines) is 1. The number of carboxylic acids is 1. The van der Waals surface area contributed by atoms with E-state index < -0.39 is 52.2 Å². The maximum atomic E-state index is 13.0. The third-order valence-corrected chi connectivity index (χ3v) is 4.94. The van der Waals surface area contributed by atoms with Gasteiger partial charge in [0.2, 0.25) is 5.71 Å². The van der Waals surface area contributed by atoms with Gasteiger partial charge < -0.3 is 24.2 Å². The quantitative estimate of drug-likeness (QED) is 0.234. The minimum Gasteiger partial charge on any atom is -0.476 e. The highest BCUT2D eigenvalue weighted by Crippen LogP contribution is 2.31. The van der Waals surface area contributed by atoms with Crippen LogP contribution in [0.15, 0.2) is 10.5 Å². The number of carboxylic acid groups (broad SMARTS) is 1. The molecule has 13 nitrogen and oxygen atoms in total. The van der Waals surface area contributed by atoms with Gasteiger partial charge in [0.05, 0.1) is 13.1 Å². The van der Waals surface area contributed by atoms with E-state index in [9.17, 15) is 24.3 Å². The van der Waals surface area contributed by atoms with Crippen molar-refractivity contribution in [3.63, 3.8) is 0 Å². The molecule has 1 saturated heterocycles. The zero-order valence-corrected chi connectivity index (χ0v) is 23.3. The molecule has 0 aromatic carbocycles. The van der Waals surface area contributed by atoms with Crippen molar-refractivity contribution in [2.45, 2.75) is 84.7 Å². The number of carbonyl (C=O) groups excluding carboxylic acids is 3. The molecule has 2 heterocycles. The van der Waals surface area contributed by atoms with Crippen LogP contribution in [0.25, 0.3) is 0 Å². The van der Waals surface area contributed by atoms with Crippen LogP contribution in [0.4, 0.5) is 14.7 Å². The number of carbonyl (C=O) groups is 4. The summed E-state index contributed by atoms with van der Waals surface area (Å²) in [6, 6.07) is 0. The van der Waals surface area contributed by atoms with Gasteiger partial charge in [-0.25, -0.2) is 24.2 Å². The Hall–Kier alpha value is -3.42. The molecule has 2 amide bonds. The van der Waals surface area contributed by atoms with Gasteiger partial charge in [-0.15, -0.1) is 11.3 Å². The summed E-state index contributed by atoms with van der Waals surface area (Å²) in [7, 11) is 0. The number of aromatic nitrogens is 1. The van der Waals surface area contributed by atoms with Crippen LogP contribution in [0.3, 0.4) is 0 Å². The molecule has 1 fully saturated rings. The number of oxime groups is 1. The smallest absolute Gasteiger partial charge is 0.413 e. The fourth-order valence-electron chi connectivity index (χ4n) is 2.78. The van der Waals surface area contributed by atoms with Crippen molar-refractivity contribution in [1.82, 2.24) is 9.88 Å². The lowest BCUT2D eigenvalue weighted by Gasteiger charge is -2.45. The number of hydrogen-bond donors (Lipinski definition) is 2. The van der Waals surface area contributed by atoms with E-state index in [1.807, 2.05) is 0 Å². The molecule has 37 heavy (non-hydrogen) atoms. The predicted octanol–water partition coefficient (Wildman–Crippen LogP) is 3.63. The standard InChI is InChI=1S/C23H34N4O9S/c1-20(2,3)33-16(30)23(11-27(12-23)19(32)35-22(7,8)9)36-26-14(15(28)29)13-10-37-17(24-13)25-18(31)34-21(4,5)6/h10H,11-12H2,1-9H3,(H,28,29)(H,24,25,31). The monoisotopic (exact) mass is 542 g/mol. The summed E-state index contributed by atoms with van der Waals surface area (Å²) in [6.45, 7) is 14.6. The summed E-state index contributed by atoms with van der Waals surface area (Å²) in [5.41, 5.74) is -4.86. The minimum atomic E-state index is -1.75. The number of hydrogen-bond acceptors (Lipinski definition) is 11. The van der Waals surface area contributed by atoms with E-state index in [4.69, 9.17) is 19.0 Å². The van der Waals surface area contributed by atoms with E-state index in [2.05, 4.69) is 15.5 Å². The van der Waals surface area contributed by atoms with Gasteiger partial charge in [0.25, 0.3) is 5.60 Å². The second-order valence-electron chi connectivity index (χ2n) is 11.3. The third kappa shape index (κ3) is 8.88. The molecule has 0 radical (unpaired) electrons. The second kappa shape index (κ2) is 10.5. The first-order chi connectivity index (χ1) is 16.7. The van der Waals surface area contributed by atoms with E-state index in [1.54, 1.807) is 62.3 Å². The fourth-order valence-corrected chi connectivity index (χ4v) is 3.46. The van der Waals surface area contributed by atoms with E-state index in [-0.39, 0.29) is 23.9 Å². The van der Waals surface area contributed by atoms with E-state index >= 15 is 0 Å². The van der Waals surface area contributed by atoms with Gasteiger partial charge in [-0.05, 0) is 62.3 Å². The molecule has 14 heteroatoms. The molecule has 0 atom stereocenters. The average molecular weight is 543 g/mol. The highest BCUT2D eigenvalue weighted by Gasteiger charge is 2.57. The molecule has 0 bridgehead atoms. The molecule has 2 rings (SSSR count). The molecule has 1 aromatic rings. The lowest BCUT2D eigenvalue weighted by atomic mass is 9.94. The van der Waals surface area contributed by atoms with Crippen molar-refractivity contribution < 1.29 is 43.3 Å². The van der Waals surface area contributed by atoms with Crippen molar-refractivity contribution in [3.8, 4) is 0 Å². The topological polar surface area (TPSA) is 166 Å². The molecular formula is C23H34N4O9S. The normalized spacial score (nSPS) is 15.8. The Balaban J connectivity index is 2.25. The summed E-state index contributed by atoms with van der Waals surface area (Å²) < 4.78 is 15.9. The molecule has 1 aliphatic heterocycles. The first kappa shape index (κ1) is 29.8. The van der Waals surface area contributed by atoms with Crippen molar-refractivity contribution >= 4 is 46.3 Å². The molecule has 1 aliphatic rings. The van der Waals surface area contributed by atoms with Gasteiger partial charge in [-0.2, -0.15) is 0 Å². The molecule has 206 valence electrons. The summed E-state index contributed by atoms with van der Waals surface area (Å²) in [5, 5.41) is 17.2. The number of esters is 1. The molecular weight excluding hydrogens is 508 g/mol. The number of rotatable bonds is 6. The first-order valence-electron chi connectivity index (χ1n) is 11.4. The third-order valence-electron chi connectivity index (χ3n) is 4.18. The van der Waals surface area contributed by atoms with Gasteiger partial charge in [0.1, 0.15) is 22.5 Å². The lowest BCUT2D eigenvalue weighted by Crippen LogP contribution is -2.69. The zero-order valence-electron chi connectivity index (χ0n) is 22.5. The Kier molecular flexibility index (Phi) is 8.47. The van der Waals surface area contributed by atoms with E-state index in [0.717, 1.165) is 11.3 Å². The Morgan fingerprint density at radius 2 is 1.51 bits per heavy atom. The van der Waals surface area contributed by atoms with Crippen LogP contribution in [0.5, 0.6) is 0 Å². The van der Waals surface area contributed by atoms with E-state index in [1.165, 1.54) is 10.3 Å². The first-order valence-corrected chi connectivity index (χ1v) is 12.2. The largest absolute Gasteiger partial charge is 0.476 e. The summed E-state index contributed by atoms with van der Waals surface area (Å²) >= 11 is 0.943. The van der Waals surface area contributed by atoms with E-state index in [0.29, 0.717) is 0 Å². The molecule has 0 saturated carbocycles. The molecule has 0 unspecified atom stereocenters. The van der Waals surface area contributed by atoms with Gasteiger partial charge in [-0.3, -0.25) is 10.2 Å². The molecule has 0 spiro atoms. The van der Waals surface area contributed by atoms with Crippen molar-refractivity contribution in [2.24, 2.45) is 5.16 Å². The SMILES string of the molecule is CC(C)(C)OC(=O)Nc1nc(C(=NOC2(C(=O)OC(C)(C)C)CN(C(=O)OC(C)(C)C)C2)C(=O)O)cs1. The van der Waals surface area contributed by atoms with Crippen molar-refractivity contribution in [2.75, 3.05) is 18.4 Å². The van der Waals surface area contributed by atoms with Crippen LogP contribution < -0.4 is 5.32 Å². The van der Waals surface area contributed by atoms with Gasteiger partial charge >= 0.3 is 24.1 Å². The second-order valence-corrected chi connectivity index (χ2v) is 12.2. The highest BCUT2D eigenvalue weighted by atomic mass is 32.1. The number of nitrogens with one attached hydrogen (secondary N) is 1. The highest BCUT2D eigenvalue weighted by molar-refractivity contribution is 7.14. The Morgan fingerprint density at radius 1 is 0.973 bits per heavy atom. The Bertz CT molecular complexity index is 1070. The number of thiazole rings is 1. The molecule has 1 aromatic heterocycles. The number of aliphatic carboxylic acids is 1. The Morgan fingerprint density at radius 3 is 2.00 bits per heavy atom. The summed E-state index contributed by atoms with van der Waals surface area (Å²) in [6.07, 6.45) is -1.44. The maximum Gasteiger partial charge on any atom is 0.413 e. The predicted molar refractivity (Wildman–Crippen MR) is 134 cm³/mol. The number of nitrogens with zero attached hydrogens (tertiary/aromatic N) is 3. The van der Waals surface area contributed by atoms with Gasteiger partial charge in [0, 0.05) is 5.38 Å². The van der Waals surface area contributed by atoms with Crippen LogP contribution in [0, 0.1) is 0 Å². The van der Waals surface area contributed by atoms with Crippen LogP contribution in [-0.2, 0) is 28.6 Å². The number of anilines is 1. The van der Waals surface area contributed by atoms with Crippen LogP contribution in [0.2, 0.25) is 0 Å². The average Bonchev–Trinajstić information content (AvgIpc) is 3.06. The molecule has 0 aliphatic carbocycles. The Labute approximate surface area is 219 Å². The van der Waals surface area contributed by atoms with Crippen LogP contribution in [0.1, 0.15) is 68.0 Å². The minimum absolute atomic E-state index is 0.0693. The summed E-state index contributed by atoms with van der Waals surface area (Å²) in [4.78, 5) is 60.0. The van der Waals surface area contributed by atoms with Crippen LogP contribution >= 0.6 is 11.3 Å². The molecule has 2 N–H and O–H groups in total. The van der Waals surface area contributed by atoms with Crippen LogP contribution in [-0.4, -0.2) is 80.3 Å². The number of amides is 2. The van der Waals surface area contributed by atoms with Crippen molar-refractivity contribution in [3.05, 3.63) is 11.1 Å². The fraction of sp³-hybridized carbons (Fsp3) is 0.652. The maximum absolute atomic E-state index is 13.0. The number of ether oxygens (including phenoxy) is 3. The zero-order chi connectivity index (χ0) is 28.4. The summed E-state index contributed by atoms with van der Waals surface area (Å²) in [5.74, 6) is -2.31. The van der Waals surface area contributed by atoms with Gasteiger partial charge in [0.15, 0.2) is 5.13 Å². The van der Waals surface area contributed by atoms with Gasteiger partial charge in [-0.1, -0.05) is 5.16 Å². The lowest BCUT2D eigenvalue weighted by molar-refractivity contribution is -0.204. The van der Waals surface area contributed by atoms with Crippen molar-refractivity contribution in [1.29, 1.82) is 0 Å².